The van der Waals surface area contributed by atoms with Crippen LogP contribution in [0, 0.1) is 5.82 Å². The number of nitrogens with zero attached hydrogens (tertiary/aromatic N) is 3. The van der Waals surface area contributed by atoms with Crippen LogP contribution in [-0.4, -0.2) is 40.5 Å². The summed E-state index contributed by atoms with van der Waals surface area (Å²) in [5, 5.41) is 3.56. The highest BCUT2D eigenvalue weighted by molar-refractivity contribution is 5.43. The van der Waals surface area contributed by atoms with Crippen molar-refractivity contribution in [3.8, 4) is 0 Å². The molecule has 3 rings (SSSR count). The van der Waals surface area contributed by atoms with Crippen LogP contribution in [0.1, 0.15) is 31.0 Å². The first-order chi connectivity index (χ1) is 11.1. The van der Waals surface area contributed by atoms with E-state index < -0.39 is 0 Å². The number of aromatic nitrogens is 2. The van der Waals surface area contributed by atoms with Crippen molar-refractivity contribution in [3.05, 3.63) is 53.7 Å². The lowest BCUT2D eigenvalue weighted by Gasteiger charge is -2.35. The molecule has 2 aromatic rings. The second-order valence-corrected chi connectivity index (χ2v) is 6.35. The molecule has 122 valence electrons. The Bertz CT molecular complexity index is 644. The smallest absolute Gasteiger partial charge is 0.148 e. The van der Waals surface area contributed by atoms with Gasteiger partial charge in [0.2, 0.25) is 0 Å². The minimum Gasteiger partial charge on any atom is -0.366 e. The molecule has 0 unspecified atom stereocenters. The van der Waals surface area contributed by atoms with Crippen molar-refractivity contribution in [1.29, 1.82) is 0 Å². The van der Waals surface area contributed by atoms with Gasteiger partial charge in [0.05, 0.1) is 5.69 Å². The van der Waals surface area contributed by atoms with Crippen LogP contribution >= 0.6 is 0 Å². The van der Waals surface area contributed by atoms with Crippen molar-refractivity contribution < 1.29 is 4.39 Å². The van der Waals surface area contributed by atoms with E-state index in [1.165, 1.54) is 12.1 Å². The van der Waals surface area contributed by atoms with Crippen LogP contribution in [0.5, 0.6) is 0 Å². The fourth-order valence-electron chi connectivity index (χ4n) is 3.03. The van der Waals surface area contributed by atoms with Crippen molar-refractivity contribution >= 4 is 5.82 Å². The average molecular weight is 314 g/mol. The predicted molar refractivity (Wildman–Crippen MR) is 90.0 cm³/mol. The van der Waals surface area contributed by atoms with Crippen molar-refractivity contribution in [3.63, 3.8) is 0 Å². The fourth-order valence-corrected chi connectivity index (χ4v) is 3.03. The Labute approximate surface area is 136 Å². The largest absolute Gasteiger partial charge is 0.366 e. The third-order valence-electron chi connectivity index (χ3n) is 4.61. The molecule has 0 radical (unpaired) electrons. The SMILES string of the molecule is C[C@H]1C[C@@H](Nc2nccnc2Cc2ccc(F)cc2)CCN1C. The second kappa shape index (κ2) is 7.04. The molecule has 1 saturated heterocycles. The quantitative estimate of drug-likeness (QED) is 0.941. The summed E-state index contributed by atoms with van der Waals surface area (Å²) in [5.41, 5.74) is 1.94. The number of rotatable bonds is 4. The number of anilines is 1. The van der Waals surface area contributed by atoms with Gasteiger partial charge in [0.15, 0.2) is 0 Å². The zero-order chi connectivity index (χ0) is 16.2. The van der Waals surface area contributed by atoms with Gasteiger partial charge in [-0.05, 0) is 44.5 Å². The van der Waals surface area contributed by atoms with E-state index in [1.807, 2.05) is 0 Å². The Morgan fingerprint density at radius 1 is 1.22 bits per heavy atom. The standard InChI is InChI=1S/C18H23FN4/c1-13-11-16(7-10-23(13)2)22-18-17(20-8-9-21-18)12-14-3-5-15(19)6-4-14/h3-6,8-9,13,16H,7,10-12H2,1-2H3,(H,21,22)/t13-,16-/m0/s1. The maximum atomic E-state index is 13.0. The Morgan fingerprint density at radius 2 is 1.96 bits per heavy atom. The third kappa shape index (κ3) is 4.05. The van der Waals surface area contributed by atoms with E-state index in [0.29, 0.717) is 18.5 Å². The van der Waals surface area contributed by atoms with Crippen LogP contribution in [0.4, 0.5) is 10.2 Å². The van der Waals surface area contributed by atoms with Crippen LogP contribution in [-0.2, 0) is 6.42 Å². The lowest BCUT2D eigenvalue weighted by atomic mass is 9.99. The predicted octanol–water partition coefficient (Wildman–Crippen LogP) is 3.10. The Kier molecular flexibility index (Phi) is 4.86. The van der Waals surface area contributed by atoms with Gasteiger partial charge in [0.25, 0.3) is 0 Å². The minimum atomic E-state index is -0.216. The van der Waals surface area contributed by atoms with Crippen LogP contribution in [0.3, 0.4) is 0 Å². The van der Waals surface area contributed by atoms with Crippen molar-refractivity contribution in [2.75, 3.05) is 18.9 Å². The molecule has 23 heavy (non-hydrogen) atoms. The summed E-state index contributed by atoms with van der Waals surface area (Å²) in [4.78, 5) is 11.3. The highest BCUT2D eigenvalue weighted by Gasteiger charge is 2.23. The van der Waals surface area contributed by atoms with Crippen LogP contribution < -0.4 is 5.32 Å². The highest BCUT2D eigenvalue weighted by atomic mass is 19.1. The van der Waals surface area contributed by atoms with Gasteiger partial charge in [-0.1, -0.05) is 12.1 Å². The molecule has 0 spiro atoms. The number of nitrogens with one attached hydrogen (secondary N) is 1. The molecule has 1 aliphatic heterocycles. The van der Waals surface area contributed by atoms with Crippen LogP contribution in [0.2, 0.25) is 0 Å². The van der Waals surface area contributed by atoms with Crippen molar-refractivity contribution in [1.82, 2.24) is 14.9 Å². The Balaban J connectivity index is 1.71. The number of hydrogen-bond acceptors (Lipinski definition) is 4. The molecule has 2 atom stereocenters. The van der Waals surface area contributed by atoms with Gasteiger partial charge in [-0.15, -0.1) is 0 Å². The lowest BCUT2D eigenvalue weighted by Crippen LogP contribution is -2.42. The first-order valence-electron chi connectivity index (χ1n) is 8.13. The summed E-state index contributed by atoms with van der Waals surface area (Å²) < 4.78 is 13.0. The third-order valence-corrected chi connectivity index (χ3v) is 4.61. The van der Waals surface area contributed by atoms with E-state index in [0.717, 1.165) is 36.5 Å². The molecule has 1 N–H and O–H groups in total. The summed E-state index contributed by atoms with van der Waals surface area (Å²) in [6.07, 6.45) is 6.28. The molecule has 1 aromatic heterocycles. The lowest BCUT2D eigenvalue weighted by molar-refractivity contribution is 0.190. The molecular formula is C18H23FN4. The molecule has 1 aliphatic rings. The highest BCUT2D eigenvalue weighted by Crippen LogP contribution is 2.21. The van der Waals surface area contributed by atoms with Crippen LogP contribution in [0.15, 0.2) is 36.7 Å². The van der Waals surface area contributed by atoms with Crippen molar-refractivity contribution in [2.45, 2.75) is 38.3 Å². The normalized spacial score (nSPS) is 22.0. The molecule has 0 saturated carbocycles. The summed E-state index contributed by atoms with van der Waals surface area (Å²) in [7, 11) is 2.17. The zero-order valence-electron chi connectivity index (χ0n) is 13.7. The topological polar surface area (TPSA) is 41.1 Å². The van der Waals surface area contributed by atoms with Crippen LogP contribution in [0.25, 0.3) is 0 Å². The number of benzene rings is 1. The zero-order valence-corrected chi connectivity index (χ0v) is 13.7. The van der Waals surface area contributed by atoms with E-state index >= 15 is 0 Å². The molecular weight excluding hydrogens is 291 g/mol. The summed E-state index contributed by atoms with van der Waals surface area (Å²) >= 11 is 0. The Morgan fingerprint density at radius 3 is 2.70 bits per heavy atom. The van der Waals surface area contributed by atoms with E-state index in [9.17, 15) is 4.39 Å². The van der Waals surface area contributed by atoms with E-state index in [2.05, 4.69) is 34.2 Å². The summed E-state index contributed by atoms with van der Waals surface area (Å²) in [5.74, 6) is 0.630. The van der Waals surface area contributed by atoms with E-state index in [-0.39, 0.29) is 5.82 Å². The van der Waals surface area contributed by atoms with Gasteiger partial charge in [-0.2, -0.15) is 0 Å². The maximum Gasteiger partial charge on any atom is 0.148 e. The molecule has 0 aliphatic carbocycles. The second-order valence-electron chi connectivity index (χ2n) is 6.35. The van der Waals surface area contributed by atoms with Gasteiger partial charge in [0, 0.05) is 37.4 Å². The van der Waals surface area contributed by atoms with Gasteiger partial charge in [0.1, 0.15) is 11.6 Å². The number of hydrogen-bond donors (Lipinski definition) is 1. The van der Waals surface area contributed by atoms with Gasteiger partial charge in [-0.25, -0.2) is 9.37 Å². The first kappa shape index (κ1) is 15.9. The molecule has 1 aromatic carbocycles. The molecule has 0 amide bonds. The van der Waals surface area contributed by atoms with E-state index in [1.54, 1.807) is 24.5 Å². The van der Waals surface area contributed by atoms with E-state index in [4.69, 9.17) is 0 Å². The molecule has 5 heteroatoms. The maximum absolute atomic E-state index is 13.0. The van der Waals surface area contributed by atoms with Gasteiger partial charge >= 0.3 is 0 Å². The average Bonchev–Trinajstić information content (AvgIpc) is 2.55. The number of halogens is 1. The molecule has 4 nitrogen and oxygen atoms in total. The molecule has 1 fully saturated rings. The Hall–Kier alpha value is -2.01. The number of likely N-dealkylation sites (tertiary alicyclic amines) is 1. The number of piperidine rings is 1. The monoisotopic (exact) mass is 314 g/mol. The first-order valence-corrected chi connectivity index (χ1v) is 8.13. The molecule has 2 heterocycles. The van der Waals surface area contributed by atoms with Gasteiger partial charge in [-0.3, -0.25) is 4.98 Å². The summed E-state index contributed by atoms with van der Waals surface area (Å²) in [6, 6.07) is 7.55. The van der Waals surface area contributed by atoms with Gasteiger partial charge < -0.3 is 10.2 Å². The molecule has 0 bridgehead atoms. The minimum absolute atomic E-state index is 0.216. The van der Waals surface area contributed by atoms with Crippen molar-refractivity contribution in [2.24, 2.45) is 0 Å². The summed E-state index contributed by atoms with van der Waals surface area (Å²) in [6.45, 7) is 3.34. The fraction of sp³-hybridized carbons (Fsp3) is 0.444.